The first-order chi connectivity index (χ1) is 9.72. The van der Waals surface area contributed by atoms with Gasteiger partial charge in [-0.15, -0.1) is 0 Å². The van der Waals surface area contributed by atoms with Crippen LogP contribution >= 0.6 is 15.9 Å². The summed E-state index contributed by atoms with van der Waals surface area (Å²) in [7, 11) is -3.94. The van der Waals surface area contributed by atoms with E-state index in [1.807, 2.05) is 13.8 Å². The van der Waals surface area contributed by atoms with Crippen LogP contribution < -0.4 is 10.5 Å². The van der Waals surface area contributed by atoms with E-state index in [0.29, 0.717) is 5.82 Å². The SMILES string of the molecule is CC(C)n1nccc1NS(=O)(=O)c1cc(Br)c(F)cc1N. The van der Waals surface area contributed by atoms with Crippen molar-refractivity contribution in [1.29, 1.82) is 0 Å². The summed E-state index contributed by atoms with van der Waals surface area (Å²) in [4.78, 5) is -0.202. The zero-order chi connectivity index (χ0) is 15.8. The van der Waals surface area contributed by atoms with Crippen molar-refractivity contribution in [3.63, 3.8) is 0 Å². The number of nitrogen functional groups attached to an aromatic ring is 1. The first-order valence-electron chi connectivity index (χ1n) is 6.03. The Morgan fingerprint density at radius 2 is 2.10 bits per heavy atom. The van der Waals surface area contributed by atoms with Gasteiger partial charge in [-0.05, 0) is 41.9 Å². The number of hydrogen-bond acceptors (Lipinski definition) is 4. The van der Waals surface area contributed by atoms with E-state index >= 15 is 0 Å². The van der Waals surface area contributed by atoms with Crippen molar-refractivity contribution >= 4 is 37.5 Å². The number of benzene rings is 1. The molecule has 9 heteroatoms. The first kappa shape index (κ1) is 15.8. The van der Waals surface area contributed by atoms with E-state index in [-0.39, 0.29) is 21.1 Å². The summed E-state index contributed by atoms with van der Waals surface area (Å²) in [6.07, 6.45) is 1.49. The van der Waals surface area contributed by atoms with Crippen LogP contribution in [0.4, 0.5) is 15.9 Å². The molecule has 114 valence electrons. The molecule has 0 spiro atoms. The summed E-state index contributed by atoms with van der Waals surface area (Å²) >= 11 is 2.95. The lowest BCUT2D eigenvalue weighted by molar-refractivity contribution is 0.539. The fraction of sp³-hybridized carbons (Fsp3) is 0.250. The average molecular weight is 377 g/mol. The van der Waals surface area contributed by atoms with Crippen LogP contribution in [0.3, 0.4) is 0 Å². The molecule has 1 aromatic heterocycles. The third kappa shape index (κ3) is 3.18. The molecule has 0 bridgehead atoms. The van der Waals surface area contributed by atoms with E-state index in [1.54, 1.807) is 0 Å². The molecule has 0 aliphatic rings. The van der Waals surface area contributed by atoms with Crippen LogP contribution in [0.25, 0.3) is 0 Å². The third-order valence-electron chi connectivity index (χ3n) is 2.74. The maximum absolute atomic E-state index is 13.3. The Kier molecular flexibility index (Phi) is 4.24. The van der Waals surface area contributed by atoms with Gasteiger partial charge < -0.3 is 5.73 Å². The lowest BCUT2D eigenvalue weighted by Crippen LogP contribution is -2.18. The Morgan fingerprint density at radius 1 is 1.43 bits per heavy atom. The van der Waals surface area contributed by atoms with Crippen molar-refractivity contribution in [3.05, 3.63) is 34.7 Å². The molecule has 0 aliphatic heterocycles. The number of hydrogen-bond donors (Lipinski definition) is 2. The Labute approximate surface area is 130 Å². The number of anilines is 2. The summed E-state index contributed by atoms with van der Waals surface area (Å²) in [5, 5.41) is 4.04. The second-order valence-corrected chi connectivity index (χ2v) is 7.17. The number of nitrogens with zero attached hydrogens (tertiary/aromatic N) is 2. The molecule has 3 N–H and O–H groups in total. The molecule has 0 saturated heterocycles. The van der Waals surface area contributed by atoms with Crippen LogP contribution in [-0.4, -0.2) is 18.2 Å². The van der Waals surface area contributed by atoms with Gasteiger partial charge in [0.2, 0.25) is 0 Å². The Balaban J connectivity index is 2.44. The molecular formula is C12H14BrFN4O2S. The molecule has 0 unspecified atom stereocenters. The van der Waals surface area contributed by atoms with Gasteiger partial charge in [0, 0.05) is 12.1 Å². The molecule has 0 radical (unpaired) electrons. The normalized spacial score (nSPS) is 11.9. The highest BCUT2D eigenvalue weighted by Crippen LogP contribution is 2.28. The molecule has 6 nitrogen and oxygen atoms in total. The highest BCUT2D eigenvalue weighted by Gasteiger charge is 2.21. The van der Waals surface area contributed by atoms with Gasteiger partial charge in [0.15, 0.2) is 0 Å². The maximum atomic E-state index is 13.3. The smallest absolute Gasteiger partial charge is 0.265 e. The average Bonchev–Trinajstić information content (AvgIpc) is 2.81. The van der Waals surface area contributed by atoms with Crippen molar-refractivity contribution < 1.29 is 12.8 Å². The standard InChI is InChI=1S/C12H14BrFN4O2S/c1-7(2)18-12(3-4-16-18)17-21(19,20)11-5-8(13)9(14)6-10(11)15/h3-7,17H,15H2,1-2H3. The van der Waals surface area contributed by atoms with Gasteiger partial charge in [-0.3, -0.25) is 4.72 Å². The van der Waals surface area contributed by atoms with Gasteiger partial charge in [-0.2, -0.15) is 5.10 Å². The van der Waals surface area contributed by atoms with Crippen molar-refractivity contribution in [2.24, 2.45) is 0 Å². The lowest BCUT2D eigenvalue weighted by Gasteiger charge is -2.14. The number of sulfonamides is 1. The predicted molar refractivity (Wildman–Crippen MR) is 81.9 cm³/mol. The highest BCUT2D eigenvalue weighted by molar-refractivity contribution is 9.10. The summed E-state index contributed by atoms with van der Waals surface area (Å²) in [5.74, 6) is -0.316. The van der Waals surface area contributed by atoms with Crippen LogP contribution in [0.2, 0.25) is 0 Å². The molecular weight excluding hydrogens is 363 g/mol. The monoisotopic (exact) mass is 376 g/mol. The van der Waals surface area contributed by atoms with Gasteiger partial charge in [0.05, 0.1) is 16.4 Å². The van der Waals surface area contributed by atoms with E-state index in [4.69, 9.17) is 5.73 Å². The topological polar surface area (TPSA) is 90.0 Å². The summed E-state index contributed by atoms with van der Waals surface area (Å²) < 4.78 is 42.0. The zero-order valence-electron chi connectivity index (χ0n) is 11.3. The number of nitrogens with two attached hydrogens (primary N) is 1. The highest BCUT2D eigenvalue weighted by atomic mass is 79.9. The lowest BCUT2D eigenvalue weighted by atomic mass is 10.3. The second kappa shape index (κ2) is 5.64. The van der Waals surface area contributed by atoms with Crippen molar-refractivity contribution in [2.75, 3.05) is 10.5 Å². The fourth-order valence-corrected chi connectivity index (χ4v) is 3.46. The van der Waals surface area contributed by atoms with E-state index in [0.717, 1.165) is 12.1 Å². The van der Waals surface area contributed by atoms with E-state index < -0.39 is 15.8 Å². The van der Waals surface area contributed by atoms with Crippen molar-refractivity contribution in [3.8, 4) is 0 Å². The minimum Gasteiger partial charge on any atom is -0.398 e. The Morgan fingerprint density at radius 3 is 2.71 bits per heavy atom. The summed E-state index contributed by atoms with van der Waals surface area (Å²) in [6.45, 7) is 3.74. The van der Waals surface area contributed by atoms with Crippen LogP contribution in [0, 0.1) is 5.82 Å². The molecule has 21 heavy (non-hydrogen) atoms. The number of halogens is 2. The van der Waals surface area contributed by atoms with Crippen LogP contribution in [-0.2, 0) is 10.0 Å². The Bertz CT molecular complexity index is 774. The molecule has 2 aromatic rings. The van der Waals surface area contributed by atoms with E-state index in [1.165, 1.54) is 16.9 Å². The number of nitrogens with one attached hydrogen (secondary N) is 1. The minimum atomic E-state index is -3.94. The van der Waals surface area contributed by atoms with Crippen molar-refractivity contribution in [1.82, 2.24) is 9.78 Å². The second-order valence-electron chi connectivity index (χ2n) is 4.66. The number of rotatable bonds is 4. The summed E-state index contributed by atoms with van der Waals surface area (Å²) in [6, 6.07) is 3.60. The molecule has 1 heterocycles. The van der Waals surface area contributed by atoms with E-state index in [9.17, 15) is 12.8 Å². The maximum Gasteiger partial charge on any atom is 0.265 e. The van der Waals surface area contributed by atoms with Gasteiger partial charge >= 0.3 is 0 Å². The van der Waals surface area contributed by atoms with Crippen LogP contribution in [0.5, 0.6) is 0 Å². The zero-order valence-corrected chi connectivity index (χ0v) is 13.7. The molecule has 0 amide bonds. The van der Waals surface area contributed by atoms with Crippen LogP contribution in [0.1, 0.15) is 19.9 Å². The molecule has 0 atom stereocenters. The predicted octanol–water partition coefficient (Wildman–Crippen LogP) is 2.75. The fourth-order valence-electron chi connectivity index (χ4n) is 1.78. The van der Waals surface area contributed by atoms with Crippen molar-refractivity contribution in [2.45, 2.75) is 24.8 Å². The molecule has 0 saturated carbocycles. The summed E-state index contributed by atoms with van der Waals surface area (Å²) in [5.41, 5.74) is 5.43. The molecule has 1 aromatic carbocycles. The van der Waals surface area contributed by atoms with Gasteiger partial charge in [0.1, 0.15) is 16.5 Å². The first-order valence-corrected chi connectivity index (χ1v) is 8.31. The van der Waals surface area contributed by atoms with Gasteiger partial charge in [-0.1, -0.05) is 0 Å². The number of aromatic nitrogens is 2. The van der Waals surface area contributed by atoms with Gasteiger partial charge in [0.25, 0.3) is 10.0 Å². The molecule has 0 aliphatic carbocycles. The minimum absolute atomic E-state index is 0.0185. The third-order valence-corrected chi connectivity index (χ3v) is 4.76. The molecule has 2 rings (SSSR count). The quantitative estimate of drug-likeness (QED) is 0.802. The largest absolute Gasteiger partial charge is 0.398 e. The Hall–Kier alpha value is -1.61. The van der Waals surface area contributed by atoms with Crippen LogP contribution in [0.15, 0.2) is 33.8 Å². The van der Waals surface area contributed by atoms with E-state index in [2.05, 4.69) is 25.8 Å². The molecule has 0 fully saturated rings. The van der Waals surface area contributed by atoms with Gasteiger partial charge in [-0.25, -0.2) is 17.5 Å².